The van der Waals surface area contributed by atoms with Crippen LogP contribution in [0, 0.1) is 11.3 Å². The third kappa shape index (κ3) is 1.58. The van der Waals surface area contributed by atoms with Gasteiger partial charge in [-0.3, -0.25) is 0 Å². The minimum atomic E-state index is 0.498. The van der Waals surface area contributed by atoms with Gasteiger partial charge in [-0.25, -0.2) is 0 Å². The predicted molar refractivity (Wildman–Crippen MR) is 49.4 cm³/mol. The molecule has 1 nitrogen and oxygen atoms in total. The summed E-state index contributed by atoms with van der Waals surface area (Å²) in [5, 5.41) is 0. The van der Waals surface area contributed by atoms with Crippen LogP contribution in [0.1, 0.15) is 46.0 Å². The van der Waals surface area contributed by atoms with Gasteiger partial charge in [0.05, 0.1) is 0 Å². The zero-order valence-corrected chi connectivity index (χ0v) is 7.90. The predicted octanol–water partition coefficient (Wildman–Crippen LogP) is 2.55. The summed E-state index contributed by atoms with van der Waals surface area (Å²) in [5.74, 6) is 0.853. The molecule has 0 heterocycles. The first-order chi connectivity index (χ1) is 5.25. The molecule has 2 N–H and O–H groups in total. The van der Waals surface area contributed by atoms with Crippen molar-refractivity contribution in [1.82, 2.24) is 0 Å². The fraction of sp³-hybridized carbons (Fsp3) is 1.00. The first kappa shape index (κ1) is 9.05. The number of hydrogen-bond donors (Lipinski definition) is 1. The Morgan fingerprint density at radius 1 is 1.45 bits per heavy atom. The lowest BCUT2D eigenvalue weighted by Gasteiger charge is -2.41. The minimum Gasteiger partial charge on any atom is -0.330 e. The van der Waals surface area contributed by atoms with Crippen LogP contribution in [0.2, 0.25) is 0 Å². The Balaban J connectivity index is 2.61. The normalized spacial score (nSPS) is 39.0. The van der Waals surface area contributed by atoms with Crippen molar-refractivity contribution in [3.8, 4) is 0 Å². The van der Waals surface area contributed by atoms with Gasteiger partial charge in [0.1, 0.15) is 0 Å². The summed E-state index contributed by atoms with van der Waals surface area (Å²) >= 11 is 0. The molecule has 2 atom stereocenters. The average molecular weight is 155 g/mol. The van der Waals surface area contributed by atoms with Gasteiger partial charge in [0, 0.05) is 0 Å². The average Bonchev–Trinajstić information content (AvgIpc) is 2.06. The lowest BCUT2D eigenvalue weighted by Crippen LogP contribution is -2.38. The van der Waals surface area contributed by atoms with E-state index in [-0.39, 0.29) is 0 Å². The maximum Gasteiger partial charge on any atom is -0.00181 e. The fourth-order valence-electron chi connectivity index (χ4n) is 2.45. The molecule has 66 valence electrons. The van der Waals surface area contributed by atoms with Gasteiger partial charge in [-0.2, -0.15) is 0 Å². The second-order valence-electron chi connectivity index (χ2n) is 4.07. The van der Waals surface area contributed by atoms with Crippen LogP contribution < -0.4 is 5.73 Å². The molecule has 2 unspecified atom stereocenters. The summed E-state index contributed by atoms with van der Waals surface area (Å²) in [6, 6.07) is 0. The van der Waals surface area contributed by atoms with Crippen LogP contribution in [-0.2, 0) is 0 Å². The summed E-state index contributed by atoms with van der Waals surface area (Å²) in [6.45, 7) is 5.55. The Morgan fingerprint density at radius 2 is 2.18 bits per heavy atom. The molecule has 1 heteroatoms. The number of nitrogens with two attached hydrogens (primary N) is 1. The quantitative estimate of drug-likeness (QED) is 0.651. The topological polar surface area (TPSA) is 26.0 Å². The van der Waals surface area contributed by atoms with E-state index in [0.717, 1.165) is 12.5 Å². The summed E-state index contributed by atoms with van der Waals surface area (Å²) in [4.78, 5) is 0. The Hall–Kier alpha value is -0.0400. The van der Waals surface area contributed by atoms with E-state index in [9.17, 15) is 0 Å². The van der Waals surface area contributed by atoms with Gasteiger partial charge in [-0.05, 0) is 30.7 Å². The molecule has 0 saturated heterocycles. The van der Waals surface area contributed by atoms with Gasteiger partial charge in [-0.1, -0.05) is 33.1 Å². The van der Waals surface area contributed by atoms with Crippen molar-refractivity contribution in [2.75, 3.05) is 6.54 Å². The molecule has 0 spiro atoms. The maximum absolute atomic E-state index is 5.84. The molecule has 1 saturated carbocycles. The zero-order valence-electron chi connectivity index (χ0n) is 7.90. The van der Waals surface area contributed by atoms with Crippen LogP contribution in [0.25, 0.3) is 0 Å². The standard InChI is InChI=1S/C10H21N/c1-3-10(8-11)7-5-4-6-9(10)2/h9H,3-8,11H2,1-2H3. The highest BCUT2D eigenvalue weighted by molar-refractivity contribution is 4.87. The summed E-state index contributed by atoms with van der Waals surface area (Å²) in [7, 11) is 0. The number of hydrogen-bond acceptors (Lipinski definition) is 1. The lowest BCUT2D eigenvalue weighted by molar-refractivity contribution is 0.111. The molecular weight excluding hydrogens is 134 g/mol. The molecule has 0 aliphatic heterocycles. The van der Waals surface area contributed by atoms with Crippen LogP contribution in [0.4, 0.5) is 0 Å². The monoisotopic (exact) mass is 155 g/mol. The fourth-order valence-corrected chi connectivity index (χ4v) is 2.45. The molecule has 0 radical (unpaired) electrons. The van der Waals surface area contributed by atoms with Gasteiger partial charge in [0.25, 0.3) is 0 Å². The van der Waals surface area contributed by atoms with Crippen molar-refractivity contribution in [2.24, 2.45) is 17.1 Å². The summed E-state index contributed by atoms with van der Waals surface area (Å²) < 4.78 is 0. The van der Waals surface area contributed by atoms with Crippen LogP contribution in [0.3, 0.4) is 0 Å². The van der Waals surface area contributed by atoms with Crippen molar-refractivity contribution in [3.63, 3.8) is 0 Å². The van der Waals surface area contributed by atoms with Gasteiger partial charge < -0.3 is 5.73 Å². The maximum atomic E-state index is 5.84. The van der Waals surface area contributed by atoms with Crippen LogP contribution in [-0.4, -0.2) is 6.54 Å². The van der Waals surface area contributed by atoms with Crippen molar-refractivity contribution in [3.05, 3.63) is 0 Å². The number of rotatable bonds is 2. The highest BCUT2D eigenvalue weighted by atomic mass is 14.6. The first-order valence-electron chi connectivity index (χ1n) is 4.95. The SMILES string of the molecule is CCC1(CN)CCCCC1C. The largest absolute Gasteiger partial charge is 0.330 e. The zero-order chi connectivity index (χ0) is 8.32. The van der Waals surface area contributed by atoms with Crippen molar-refractivity contribution < 1.29 is 0 Å². The van der Waals surface area contributed by atoms with Crippen LogP contribution in [0.15, 0.2) is 0 Å². The van der Waals surface area contributed by atoms with Crippen LogP contribution in [0.5, 0.6) is 0 Å². The molecule has 0 aromatic rings. The van der Waals surface area contributed by atoms with Crippen molar-refractivity contribution in [2.45, 2.75) is 46.0 Å². The van der Waals surface area contributed by atoms with E-state index < -0.39 is 0 Å². The molecule has 1 rings (SSSR count). The third-order valence-corrected chi connectivity index (χ3v) is 3.72. The molecule has 0 bridgehead atoms. The Morgan fingerprint density at radius 3 is 2.55 bits per heavy atom. The second kappa shape index (κ2) is 3.57. The molecule has 0 aromatic carbocycles. The van der Waals surface area contributed by atoms with Gasteiger partial charge in [0.2, 0.25) is 0 Å². The van der Waals surface area contributed by atoms with Crippen molar-refractivity contribution in [1.29, 1.82) is 0 Å². The Labute approximate surface area is 70.4 Å². The van der Waals surface area contributed by atoms with E-state index in [2.05, 4.69) is 13.8 Å². The third-order valence-electron chi connectivity index (χ3n) is 3.72. The minimum absolute atomic E-state index is 0.498. The molecule has 0 aromatic heterocycles. The summed E-state index contributed by atoms with van der Waals surface area (Å²) in [5.41, 5.74) is 6.34. The smallest absolute Gasteiger partial charge is 0.00181 e. The van der Waals surface area contributed by atoms with E-state index >= 15 is 0 Å². The Bertz CT molecular complexity index is 116. The molecular formula is C10H21N. The van der Waals surface area contributed by atoms with E-state index in [4.69, 9.17) is 5.73 Å². The van der Waals surface area contributed by atoms with Gasteiger partial charge >= 0.3 is 0 Å². The summed E-state index contributed by atoms with van der Waals surface area (Å²) in [6.07, 6.45) is 6.84. The first-order valence-corrected chi connectivity index (χ1v) is 4.95. The van der Waals surface area contributed by atoms with Gasteiger partial charge in [0.15, 0.2) is 0 Å². The highest BCUT2D eigenvalue weighted by Gasteiger charge is 2.34. The van der Waals surface area contributed by atoms with E-state index in [1.165, 1.54) is 32.1 Å². The van der Waals surface area contributed by atoms with E-state index in [1.807, 2.05) is 0 Å². The molecule has 1 aliphatic carbocycles. The molecule has 1 aliphatic rings. The van der Waals surface area contributed by atoms with Crippen molar-refractivity contribution >= 4 is 0 Å². The second-order valence-corrected chi connectivity index (χ2v) is 4.07. The van der Waals surface area contributed by atoms with Crippen LogP contribution >= 0.6 is 0 Å². The van der Waals surface area contributed by atoms with E-state index in [0.29, 0.717) is 5.41 Å². The molecule has 11 heavy (non-hydrogen) atoms. The Kier molecular flexibility index (Phi) is 2.94. The van der Waals surface area contributed by atoms with Gasteiger partial charge in [-0.15, -0.1) is 0 Å². The highest BCUT2D eigenvalue weighted by Crippen LogP contribution is 2.42. The molecule has 1 fully saturated rings. The van der Waals surface area contributed by atoms with E-state index in [1.54, 1.807) is 0 Å². The molecule has 0 amide bonds. The lowest BCUT2D eigenvalue weighted by atomic mass is 9.65.